The van der Waals surface area contributed by atoms with Gasteiger partial charge < -0.3 is 23.5 Å². The second-order valence-electron chi connectivity index (χ2n) is 10.6. The van der Waals surface area contributed by atoms with E-state index in [1.807, 2.05) is 68.4 Å². The lowest BCUT2D eigenvalue weighted by molar-refractivity contribution is 0.0729. The van der Waals surface area contributed by atoms with Crippen LogP contribution >= 0.6 is 0 Å². The molecular weight excluding hydrogens is 518 g/mol. The third-order valence-electron chi connectivity index (χ3n) is 7.68. The molecular formula is C34H37NO6. The van der Waals surface area contributed by atoms with Crippen LogP contribution < -0.4 is 19.6 Å². The molecule has 1 aliphatic rings. The van der Waals surface area contributed by atoms with E-state index >= 15 is 0 Å². The molecule has 1 atom stereocenters. The maximum absolute atomic E-state index is 14.1. The summed E-state index contributed by atoms with van der Waals surface area (Å²) in [5.41, 5.74) is 4.26. The molecule has 5 rings (SSSR count). The Morgan fingerprint density at radius 2 is 1.73 bits per heavy atom. The molecule has 0 fully saturated rings. The third-order valence-corrected chi connectivity index (χ3v) is 7.68. The van der Waals surface area contributed by atoms with E-state index in [9.17, 15) is 9.59 Å². The molecule has 0 spiro atoms. The van der Waals surface area contributed by atoms with E-state index in [4.69, 9.17) is 18.6 Å². The van der Waals surface area contributed by atoms with Crippen molar-refractivity contribution in [2.75, 3.05) is 27.4 Å². The number of aryl methyl sites for hydroxylation is 2. The third kappa shape index (κ3) is 5.53. The first-order chi connectivity index (χ1) is 19.9. The number of carbonyl (C=O) groups excluding carboxylic acids is 1. The molecule has 1 amide bonds. The Morgan fingerprint density at radius 1 is 0.927 bits per heavy atom. The van der Waals surface area contributed by atoms with Gasteiger partial charge in [-0.25, -0.2) is 0 Å². The number of carbonyl (C=O) groups is 1. The molecule has 214 valence electrons. The molecule has 41 heavy (non-hydrogen) atoms. The van der Waals surface area contributed by atoms with E-state index in [-0.39, 0.29) is 17.1 Å². The van der Waals surface area contributed by atoms with Crippen LogP contribution in [0.4, 0.5) is 0 Å². The Hall–Kier alpha value is -4.26. The van der Waals surface area contributed by atoms with Crippen molar-refractivity contribution < 1.29 is 23.4 Å². The average molecular weight is 556 g/mol. The largest absolute Gasteiger partial charge is 0.494 e. The summed E-state index contributed by atoms with van der Waals surface area (Å²) in [6.07, 6.45) is 3.73. The number of nitrogens with zero attached hydrogens (tertiary/aromatic N) is 1. The van der Waals surface area contributed by atoms with Crippen molar-refractivity contribution in [2.45, 2.75) is 52.5 Å². The molecule has 4 aromatic rings. The molecule has 7 heteroatoms. The number of rotatable bonds is 11. The lowest BCUT2D eigenvalue weighted by atomic mass is 9.97. The van der Waals surface area contributed by atoms with E-state index in [1.54, 1.807) is 19.1 Å². The van der Waals surface area contributed by atoms with Crippen molar-refractivity contribution >= 4 is 16.9 Å². The van der Waals surface area contributed by atoms with Gasteiger partial charge >= 0.3 is 0 Å². The van der Waals surface area contributed by atoms with Gasteiger partial charge in [0.15, 0.2) is 16.9 Å². The normalized spacial score (nSPS) is 14.4. The number of ether oxygens (including phenoxy) is 3. The summed E-state index contributed by atoms with van der Waals surface area (Å²) < 4.78 is 23.1. The van der Waals surface area contributed by atoms with Crippen LogP contribution in [-0.2, 0) is 6.42 Å². The van der Waals surface area contributed by atoms with Crippen LogP contribution in [0.5, 0.6) is 17.2 Å². The molecule has 0 saturated carbocycles. The van der Waals surface area contributed by atoms with E-state index in [0.717, 1.165) is 47.3 Å². The monoisotopic (exact) mass is 555 g/mol. The van der Waals surface area contributed by atoms with Crippen LogP contribution in [0.15, 0.2) is 63.8 Å². The highest BCUT2D eigenvalue weighted by Gasteiger charge is 2.42. The highest BCUT2D eigenvalue weighted by atomic mass is 16.5. The number of amides is 1. The molecule has 7 nitrogen and oxygen atoms in total. The van der Waals surface area contributed by atoms with Gasteiger partial charge in [0.1, 0.15) is 11.3 Å². The van der Waals surface area contributed by atoms with Gasteiger partial charge in [0, 0.05) is 6.54 Å². The van der Waals surface area contributed by atoms with Crippen molar-refractivity contribution in [3.05, 3.63) is 98.4 Å². The van der Waals surface area contributed by atoms with Gasteiger partial charge in [-0.2, -0.15) is 0 Å². The Morgan fingerprint density at radius 3 is 2.49 bits per heavy atom. The minimum absolute atomic E-state index is 0.112. The van der Waals surface area contributed by atoms with Gasteiger partial charge in [0.2, 0.25) is 5.76 Å². The maximum atomic E-state index is 14.1. The Bertz CT molecular complexity index is 1640. The van der Waals surface area contributed by atoms with Gasteiger partial charge in [-0.1, -0.05) is 44.0 Å². The van der Waals surface area contributed by atoms with Crippen molar-refractivity contribution in [3.63, 3.8) is 0 Å². The van der Waals surface area contributed by atoms with E-state index in [0.29, 0.717) is 47.6 Å². The highest BCUT2D eigenvalue weighted by Crippen LogP contribution is 2.40. The molecule has 0 N–H and O–H groups in total. The van der Waals surface area contributed by atoms with Crippen LogP contribution in [0.25, 0.3) is 11.0 Å². The fourth-order valence-corrected chi connectivity index (χ4v) is 5.65. The summed E-state index contributed by atoms with van der Waals surface area (Å²) in [7, 11) is 3.20. The zero-order valence-corrected chi connectivity index (χ0v) is 24.4. The topological polar surface area (TPSA) is 78.2 Å². The predicted molar refractivity (Wildman–Crippen MR) is 160 cm³/mol. The van der Waals surface area contributed by atoms with E-state index < -0.39 is 6.04 Å². The first-order valence-corrected chi connectivity index (χ1v) is 14.2. The smallest absolute Gasteiger partial charge is 0.290 e. The maximum Gasteiger partial charge on any atom is 0.290 e. The fraction of sp³-hybridized carbons (Fsp3) is 0.353. The van der Waals surface area contributed by atoms with Crippen molar-refractivity contribution in [3.8, 4) is 17.2 Å². The lowest BCUT2D eigenvalue weighted by Gasteiger charge is -2.25. The average Bonchev–Trinajstić information content (AvgIpc) is 3.26. The van der Waals surface area contributed by atoms with Gasteiger partial charge in [0.05, 0.1) is 37.8 Å². The first kappa shape index (κ1) is 28.3. The van der Waals surface area contributed by atoms with Crippen molar-refractivity contribution in [1.29, 1.82) is 0 Å². The van der Waals surface area contributed by atoms with Crippen LogP contribution in [0.3, 0.4) is 0 Å². The highest BCUT2D eigenvalue weighted by molar-refractivity contribution is 5.99. The summed E-state index contributed by atoms with van der Waals surface area (Å²) in [4.78, 5) is 29.7. The zero-order valence-electron chi connectivity index (χ0n) is 24.4. The predicted octanol–water partition coefficient (Wildman–Crippen LogP) is 6.78. The second kappa shape index (κ2) is 12.1. The quantitative estimate of drug-likeness (QED) is 0.190. The summed E-state index contributed by atoms with van der Waals surface area (Å²) in [6.45, 7) is 7.00. The van der Waals surface area contributed by atoms with Crippen LogP contribution in [0, 0.1) is 13.8 Å². The minimum Gasteiger partial charge on any atom is -0.494 e. The number of hydrogen-bond acceptors (Lipinski definition) is 6. The number of unbranched alkanes of at least 4 members (excludes halogenated alkanes) is 2. The number of fused-ring (bicyclic) bond motifs is 2. The lowest BCUT2D eigenvalue weighted by Crippen LogP contribution is -2.31. The summed E-state index contributed by atoms with van der Waals surface area (Å²) in [6, 6.07) is 16.6. The molecule has 2 heterocycles. The second-order valence-corrected chi connectivity index (χ2v) is 10.6. The molecule has 0 bridgehead atoms. The van der Waals surface area contributed by atoms with E-state index in [1.165, 1.54) is 0 Å². The molecule has 0 aliphatic carbocycles. The van der Waals surface area contributed by atoms with Gasteiger partial charge in [-0.15, -0.1) is 0 Å². The molecule has 3 aromatic carbocycles. The summed E-state index contributed by atoms with van der Waals surface area (Å²) in [5, 5.41) is 0.493. The fourth-order valence-electron chi connectivity index (χ4n) is 5.65. The Labute approximate surface area is 240 Å². The Kier molecular flexibility index (Phi) is 8.34. The van der Waals surface area contributed by atoms with Gasteiger partial charge in [-0.3, -0.25) is 9.59 Å². The zero-order chi connectivity index (χ0) is 29.1. The Balaban J connectivity index is 1.57. The van der Waals surface area contributed by atoms with Crippen LogP contribution in [0.1, 0.15) is 70.6 Å². The van der Waals surface area contributed by atoms with E-state index in [2.05, 4.69) is 6.92 Å². The first-order valence-electron chi connectivity index (χ1n) is 14.2. The molecule has 0 radical (unpaired) electrons. The standard InChI is InChI=1S/C34H37NO6/c1-6-7-8-16-40-25-11-9-10-24(20-25)30-29-31(36)26-18-21(2)17-22(3)32(26)41-33(29)34(37)35(30)15-14-23-12-13-27(38-4)28(19-23)39-5/h9-13,17-20,30H,6-8,14-16H2,1-5H3. The SMILES string of the molecule is CCCCCOc1cccc(C2c3c(oc4c(C)cc(C)cc4c3=O)C(=O)N2CCc2ccc(OC)c(OC)c2)c1. The van der Waals surface area contributed by atoms with Crippen LogP contribution in [0.2, 0.25) is 0 Å². The molecule has 1 aromatic heterocycles. The van der Waals surface area contributed by atoms with Crippen LogP contribution in [-0.4, -0.2) is 38.2 Å². The summed E-state index contributed by atoms with van der Waals surface area (Å²) >= 11 is 0. The molecule has 1 unspecified atom stereocenters. The van der Waals surface area contributed by atoms with Crippen molar-refractivity contribution in [1.82, 2.24) is 4.90 Å². The molecule has 0 saturated heterocycles. The van der Waals surface area contributed by atoms with Crippen molar-refractivity contribution in [2.24, 2.45) is 0 Å². The van der Waals surface area contributed by atoms with Gasteiger partial charge in [0.25, 0.3) is 5.91 Å². The summed E-state index contributed by atoms with van der Waals surface area (Å²) in [5.74, 6) is 1.80. The number of hydrogen-bond donors (Lipinski definition) is 0. The number of methoxy groups -OCH3 is 2. The molecule has 1 aliphatic heterocycles. The minimum atomic E-state index is -0.599. The van der Waals surface area contributed by atoms with Gasteiger partial charge in [-0.05, 0) is 79.3 Å². The number of benzene rings is 3.